The number of carboxylic acids is 1. The number of aliphatic hydroxyl groups excluding tert-OH is 2. The van der Waals surface area contributed by atoms with Crippen LogP contribution in [0.1, 0.15) is 18.4 Å². The molecule has 136 valence electrons. The van der Waals surface area contributed by atoms with Crippen LogP contribution in [0, 0.1) is 0 Å². The molecule has 1 aliphatic carbocycles. The van der Waals surface area contributed by atoms with E-state index in [2.05, 4.69) is 0 Å². The Bertz CT molecular complexity index is 699. The van der Waals surface area contributed by atoms with E-state index in [1.54, 1.807) is 0 Å². The van der Waals surface area contributed by atoms with Gasteiger partial charge in [0, 0.05) is 18.9 Å². The van der Waals surface area contributed by atoms with E-state index in [4.69, 9.17) is 4.74 Å². The van der Waals surface area contributed by atoms with E-state index in [1.807, 2.05) is 0 Å². The van der Waals surface area contributed by atoms with Crippen LogP contribution in [0.5, 0.6) is 11.5 Å². The van der Waals surface area contributed by atoms with Gasteiger partial charge in [-0.05, 0) is 23.8 Å². The molecule has 4 atom stereocenters. The zero-order chi connectivity index (χ0) is 18.8. The lowest BCUT2D eigenvalue weighted by atomic mass is 9.79. The normalized spacial score (nSPS) is 29.5. The van der Waals surface area contributed by atoms with Gasteiger partial charge in [0.15, 0.2) is 11.5 Å². The van der Waals surface area contributed by atoms with Crippen LogP contribution in [0.15, 0.2) is 24.3 Å². The maximum atomic E-state index is 11.8. The van der Waals surface area contributed by atoms with Gasteiger partial charge < -0.3 is 40.2 Å². The molecule has 5 N–H and O–H groups in total. The van der Waals surface area contributed by atoms with Crippen LogP contribution in [0.3, 0.4) is 0 Å². The molecule has 0 aromatic heterocycles. The summed E-state index contributed by atoms with van der Waals surface area (Å²) in [6.07, 6.45) is -3.70. The summed E-state index contributed by atoms with van der Waals surface area (Å²) < 4.78 is 4.90. The maximum absolute atomic E-state index is 11.8. The van der Waals surface area contributed by atoms with Crippen LogP contribution in [0.25, 0.3) is 6.08 Å². The highest BCUT2D eigenvalue weighted by Crippen LogP contribution is 2.31. The van der Waals surface area contributed by atoms with E-state index >= 15 is 0 Å². The van der Waals surface area contributed by atoms with Crippen LogP contribution in [0.4, 0.5) is 0 Å². The van der Waals surface area contributed by atoms with Crippen molar-refractivity contribution in [3.63, 3.8) is 0 Å². The number of ether oxygens (including phenoxy) is 1. The standard InChI is InChI=1S/C16H18O9/c17-9-3-1-8(5-10(9)18)2-4-13(20)25-12-7-16(24,15(22)23)6-11(19)14(12)21/h1-5,11-12,14,17-19,21,24H,6-7H2,(H,22,23)/p-1/b4-2-/t11-,12-,14-,16+/m1/s1. The summed E-state index contributed by atoms with van der Waals surface area (Å²) in [5.41, 5.74) is -2.06. The second kappa shape index (κ2) is 7.09. The molecule has 1 aliphatic rings. The molecule has 0 spiro atoms. The highest BCUT2D eigenvalue weighted by atomic mass is 16.6. The Morgan fingerprint density at radius 2 is 1.88 bits per heavy atom. The molecule has 1 fully saturated rings. The highest BCUT2D eigenvalue weighted by molar-refractivity contribution is 5.87. The van der Waals surface area contributed by atoms with Gasteiger partial charge in [-0.1, -0.05) is 6.07 Å². The number of phenols is 2. The van der Waals surface area contributed by atoms with Gasteiger partial charge in [0.25, 0.3) is 0 Å². The van der Waals surface area contributed by atoms with Gasteiger partial charge in [0.05, 0.1) is 12.1 Å². The van der Waals surface area contributed by atoms with Gasteiger partial charge in [0.2, 0.25) is 0 Å². The number of carbonyl (C=O) groups excluding carboxylic acids is 2. The summed E-state index contributed by atoms with van der Waals surface area (Å²) in [7, 11) is 0. The fourth-order valence-corrected chi connectivity index (χ4v) is 2.53. The topological polar surface area (TPSA) is 168 Å². The molecule has 1 aromatic rings. The fraction of sp³-hybridized carbons (Fsp3) is 0.375. The molecule has 0 heterocycles. The molecule has 9 nitrogen and oxygen atoms in total. The van der Waals surface area contributed by atoms with Crippen molar-refractivity contribution in [1.82, 2.24) is 0 Å². The monoisotopic (exact) mass is 353 g/mol. The largest absolute Gasteiger partial charge is 0.547 e. The van der Waals surface area contributed by atoms with Crippen molar-refractivity contribution in [3.05, 3.63) is 29.8 Å². The second-order valence-electron chi connectivity index (χ2n) is 5.84. The van der Waals surface area contributed by atoms with Crippen molar-refractivity contribution in [1.29, 1.82) is 0 Å². The van der Waals surface area contributed by atoms with Crippen LogP contribution in [-0.2, 0) is 14.3 Å². The van der Waals surface area contributed by atoms with Crippen molar-refractivity contribution < 1.29 is 45.0 Å². The molecule has 1 saturated carbocycles. The predicted molar refractivity (Wildman–Crippen MR) is 79.9 cm³/mol. The molecular formula is C16H17O9-. The fourth-order valence-electron chi connectivity index (χ4n) is 2.53. The maximum Gasteiger partial charge on any atom is 0.331 e. The van der Waals surface area contributed by atoms with Crippen molar-refractivity contribution in [3.8, 4) is 11.5 Å². The van der Waals surface area contributed by atoms with Crippen molar-refractivity contribution >= 4 is 18.0 Å². The van der Waals surface area contributed by atoms with Gasteiger partial charge in [-0.25, -0.2) is 4.79 Å². The number of carbonyl (C=O) groups is 2. The summed E-state index contributed by atoms with van der Waals surface area (Å²) in [6, 6.07) is 3.81. The minimum Gasteiger partial charge on any atom is -0.547 e. The Labute approximate surface area is 142 Å². The van der Waals surface area contributed by atoms with Crippen molar-refractivity contribution in [2.45, 2.75) is 36.8 Å². The van der Waals surface area contributed by atoms with Gasteiger partial charge >= 0.3 is 5.97 Å². The number of phenolic OH excluding ortho intramolecular Hbond substituents is 2. The van der Waals surface area contributed by atoms with Gasteiger partial charge in [-0.3, -0.25) is 0 Å². The Morgan fingerprint density at radius 1 is 1.20 bits per heavy atom. The molecule has 0 unspecified atom stereocenters. The van der Waals surface area contributed by atoms with E-state index in [9.17, 15) is 40.2 Å². The second-order valence-corrected chi connectivity index (χ2v) is 5.84. The Hall–Kier alpha value is -2.62. The summed E-state index contributed by atoms with van der Waals surface area (Å²) >= 11 is 0. The van der Waals surface area contributed by atoms with Gasteiger partial charge in [-0.15, -0.1) is 0 Å². The lowest BCUT2D eigenvalue weighted by molar-refractivity contribution is -0.331. The lowest BCUT2D eigenvalue weighted by Crippen LogP contribution is -2.60. The minimum absolute atomic E-state index is 0.333. The first kappa shape index (κ1) is 18.7. The number of aliphatic hydroxyl groups is 3. The number of aliphatic carboxylic acids is 1. The third-order valence-electron chi connectivity index (χ3n) is 3.92. The van der Waals surface area contributed by atoms with E-state index in [-0.39, 0.29) is 11.5 Å². The van der Waals surface area contributed by atoms with Crippen LogP contribution < -0.4 is 5.11 Å². The van der Waals surface area contributed by atoms with E-state index in [1.165, 1.54) is 24.3 Å². The molecule has 25 heavy (non-hydrogen) atoms. The summed E-state index contributed by atoms with van der Waals surface area (Å²) in [4.78, 5) is 22.8. The average molecular weight is 353 g/mol. The molecule has 0 radical (unpaired) electrons. The average Bonchev–Trinajstić information content (AvgIpc) is 2.53. The van der Waals surface area contributed by atoms with Crippen LogP contribution >= 0.6 is 0 Å². The van der Waals surface area contributed by atoms with Crippen molar-refractivity contribution in [2.75, 3.05) is 0 Å². The third-order valence-corrected chi connectivity index (χ3v) is 3.92. The third kappa shape index (κ3) is 4.27. The number of hydrogen-bond donors (Lipinski definition) is 5. The minimum atomic E-state index is -2.42. The zero-order valence-corrected chi connectivity index (χ0v) is 12.9. The quantitative estimate of drug-likeness (QED) is 0.234. The number of benzene rings is 1. The number of aromatic hydroxyl groups is 2. The van der Waals surface area contributed by atoms with E-state index in [0.717, 1.165) is 6.08 Å². The van der Waals surface area contributed by atoms with E-state index in [0.29, 0.717) is 5.56 Å². The number of rotatable bonds is 4. The molecule has 0 amide bonds. The van der Waals surface area contributed by atoms with Crippen molar-refractivity contribution in [2.24, 2.45) is 0 Å². The lowest BCUT2D eigenvalue weighted by Gasteiger charge is -2.41. The number of esters is 1. The zero-order valence-electron chi connectivity index (χ0n) is 12.9. The number of carboxylic acid groups (broad SMARTS) is 1. The van der Waals surface area contributed by atoms with E-state index < -0.39 is 48.7 Å². The molecular weight excluding hydrogens is 336 g/mol. The SMILES string of the molecule is O=C(/C=C\c1ccc(O)c(O)c1)O[C@@H]1C[C@](O)(C(=O)[O-])C[C@@H](O)[C@H]1O. The molecule has 9 heteroatoms. The summed E-state index contributed by atoms with van der Waals surface area (Å²) in [5, 5.41) is 58.9. The first-order chi connectivity index (χ1) is 11.6. The first-order valence-electron chi connectivity index (χ1n) is 7.33. The van der Waals surface area contributed by atoms with Crippen LogP contribution in [-0.4, -0.2) is 61.4 Å². The van der Waals surface area contributed by atoms with Gasteiger partial charge in [0.1, 0.15) is 17.8 Å². The predicted octanol–water partition coefficient (Wildman–Crippen LogP) is -1.98. The summed E-state index contributed by atoms with van der Waals surface area (Å²) in [6.45, 7) is 0. The van der Waals surface area contributed by atoms with Crippen LogP contribution in [0.2, 0.25) is 0 Å². The smallest absolute Gasteiger partial charge is 0.331 e. The molecule has 1 aromatic carbocycles. The molecule has 0 aliphatic heterocycles. The molecule has 2 rings (SSSR count). The first-order valence-corrected chi connectivity index (χ1v) is 7.33. The molecule has 0 saturated heterocycles. The molecule has 0 bridgehead atoms. The highest BCUT2D eigenvalue weighted by Gasteiger charge is 2.46. The van der Waals surface area contributed by atoms with Gasteiger partial charge in [-0.2, -0.15) is 0 Å². The Kier molecular flexibility index (Phi) is 5.31. The number of hydrogen-bond acceptors (Lipinski definition) is 9. The Morgan fingerprint density at radius 3 is 2.48 bits per heavy atom. The summed E-state index contributed by atoms with van der Waals surface area (Å²) in [5.74, 6) is -3.53. The Balaban J connectivity index is 2.06.